The molecule has 2 heterocycles. The molecule has 1 fully saturated rings. The summed E-state index contributed by atoms with van der Waals surface area (Å²) in [5, 5.41) is 0. The van der Waals surface area contributed by atoms with Gasteiger partial charge in [-0.25, -0.2) is 0 Å². The van der Waals surface area contributed by atoms with Gasteiger partial charge in [0.25, 0.3) is 0 Å². The number of rotatable bonds is 7. The lowest BCUT2D eigenvalue weighted by molar-refractivity contribution is 0.124. The van der Waals surface area contributed by atoms with Crippen molar-refractivity contribution < 1.29 is 0 Å². The van der Waals surface area contributed by atoms with Crippen LogP contribution in [-0.4, -0.2) is 55.3 Å². The number of piperazine rings is 1. The summed E-state index contributed by atoms with van der Waals surface area (Å²) in [6.07, 6.45) is 4.38. The van der Waals surface area contributed by atoms with Gasteiger partial charge in [0.15, 0.2) is 0 Å². The molecule has 0 amide bonds. The normalized spacial score (nSPS) is 21.4. The smallest absolute Gasteiger partial charge is 0.0527 e. The highest BCUT2D eigenvalue weighted by Crippen LogP contribution is 2.40. The zero-order valence-electron chi connectivity index (χ0n) is 18.9. The Kier molecular flexibility index (Phi) is 6.47. The largest absolute Gasteiger partial charge is 0.301 e. The van der Waals surface area contributed by atoms with Gasteiger partial charge in [0.2, 0.25) is 0 Å². The van der Waals surface area contributed by atoms with Crippen LogP contribution in [0.2, 0.25) is 0 Å². The Morgan fingerprint density at radius 3 is 2.16 bits per heavy atom. The van der Waals surface area contributed by atoms with E-state index in [0.29, 0.717) is 0 Å². The van der Waals surface area contributed by atoms with Crippen molar-refractivity contribution in [2.45, 2.75) is 24.8 Å². The molecule has 0 saturated carbocycles. The van der Waals surface area contributed by atoms with E-state index in [0.717, 1.165) is 32.6 Å². The summed E-state index contributed by atoms with van der Waals surface area (Å²) in [4.78, 5) is 10.1. The van der Waals surface area contributed by atoms with Gasteiger partial charge < -0.3 is 4.90 Å². The first-order chi connectivity index (χ1) is 15.8. The first kappa shape index (κ1) is 21.1. The van der Waals surface area contributed by atoms with E-state index in [1.165, 1.54) is 48.3 Å². The van der Waals surface area contributed by atoms with Gasteiger partial charge in [0.05, 0.1) is 6.54 Å². The highest BCUT2D eigenvalue weighted by atomic mass is 15.3. The summed E-state index contributed by atoms with van der Waals surface area (Å²) in [6, 6.07) is 30.7. The molecule has 3 aromatic carbocycles. The van der Waals surface area contributed by atoms with E-state index in [2.05, 4.69) is 101 Å². The van der Waals surface area contributed by atoms with Crippen molar-refractivity contribution in [3.63, 3.8) is 0 Å². The molecule has 0 aromatic heterocycles. The van der Waals surface area contributed by atoms with Gasteiger partial charge in [-0.05, 0) is 41.6 Å². The fraction of sp³-hybridized carbons (Fsp3) is 0.345. The molecule has 1 atom stereocenters. The van der Waals surface area contributed by atoms with E-state index in [9.17, 15) is 0 Å². The number of aliphatic imine (C=N–C) groups is 1. The molecule has 0 radical (unpaired) electrons. The number of hydrogen-bond acceptors (Lipinski definition) is 3. The highest BCUT2D eigenvalue weighted by molar-refractivity contribution is 5.84. The summed E-state index contributed by atoms with van der Waals surface area (Å²) >= 11 is 0. The highest BCUT2D eigenvalue weighted by Gasteiger charge is 2.37. The van der Waals surface area contributed by atoms with Crippen LogP contribution < -0.4 is 0 Å². The molecule has 0 spiro atoms. The second-order valence-electron chi connectivity index (χ2n) is 9.21. The zero-order chi connectivity index (χ0) is 21.6. The standard InChI is InChI=1S/C29H33N3/c1-3-10-25(11-4-1)23-32-20-18-31(19-21-32)17-9-16-29(27-13-5-2-6-14-27)24-30-22-26-12-7-8-15-28(26)29/h1-8,10-15,22H,9,16-21,23-24H2. The quantitative estimate of drug-likeness (QED) is 0.532. The van der Waals surface area contributed by atoms with E-state index in [1.807, 2.05) is 0 Å². The Labute approximate surface area is 192 Å². The van der Waals surface area contributed by atoms with Crippen molar-refractivity contribution in [3.8, 4) is 0 Å². The van der Waals surface area contributed by atoms with Gasteiger partial charge in [0.1, 0.15) is 0 Å². The van der Waals surface area contributed by atoms with Crippen molar-refractivity contribution in [3.05, 3.63) is 107 Å². The van der Waals surface area contributed by atoms with Crippen LogP contribution >= 0.6 is 0 Å². The summed E-state index contributed by atoms with van der Waals surface area (Å²) in [5.41, 5.74) is 5.52. The lowest BCUT2D eigenvalue weighted by atomic mass is 9.69. The third kappa shape index (κ3) is 4.55. The first-order valence-electron chi connectivity index (χ1n) is 12.0. The average molecular weight is 424 g/mol. The van der Waals surface area contributed by atoms with Crippen LogP contribution in [0.15, 0.2) is 89.9 Å². The predicted molar refractivity (Wildman–Crippen MR) is 134 cm³/mol. The monoisotopic (exact) mass is 423 g/mol. The molecule has 164 valence electrons. The predicted octanol–water partition coefficient (Wildman–Crippen LogP) is 5.00. The maximum atomic E-state index is 4.82. The molecule has 3 nitrogen and oxygen atoms in total. The third-order valence-corrected chi connectivity index (χ3v) is 7.19. The van der Waals surface area contributed by atoms with Gasteiger partial charge in [-0.1, -0.05) is 84.9 Å². The van der Waals surface area contributed by atoms with E-state index in [1.54, 1.807) is 0 Å². The van der Waals surface area contributed by atoms with Gasteiger partial charge in [-0.3, -0.25) is 9.89 Å². The van der Waals surface area contributed by atoms with Crippen LogP contribution in [0.4, 0.5) is 0 Å². The van der Waals surface area contributed by atoms with Crippen molar-refractivity contribution in [1.29, 1.82) is 0 Å². The van der Waals surface area contributed by atoms with Crippen molar-refractivity contribution in [1.82, 2.24) is 9.80 Å². The molecule has 32 heavy (non-hydrogen) atoms. The molecule has 0 bridgehead atoms. The maximum absolute atomic E-state index is 4.82. The SMILES string of the molecule is C1=NCC(CCCN2CCN(Cc3ccccc3)CC2)(c2ccccc2)c2ccccc21. The molecule has 2 aliphatic heterocycles. The van der Waals surface area contributed by atoms with Gasteiger partial charge in [-0.2, -0.15) is 0 Å². The Morgan fingerprint density at radius 1 is 0.719 bits per heavy atom. The Bertz CT molecular complexity index is 1020. The minimum absolute atomic E-state index is 0.0122. The molecule has 0 aliphatic carbocycles. The zero-order valence-corrected chi connectivity index (χ0v) is 18.9. The molecular weight excluding hydrogens is 390 g/mol. The van der Waals surface area contributed by atoms with Crippen LogP contribution in [0.1, 0.15) is 35.1 Å². The van der Waals surface area contributed by atoms with E-state index < -0.39 is 0 Å². The number of benzene rings is 3. The van der Waals surface area contributed by atoms with Crippen molar-refractivity contribution in [2.24, 2.45) is 4.99 Å². The lowest BCUT2D eigenvalue weighted by Crippen LogP contribution is -2.46. The van der Waals surface area contributed by atoms with Crippen LogP contribution in [0, 0.1) is 0 Å². The summed E-state index contributed by atoms with van der Waals surface area (Å²) in [7, 11) is 0. The second-order valence-corrected chi connectivity index (χ2v) is 9.21. The lowest BCUT2D eigenvalue weighted by Gasteiger charge is -2.39. The number of hydrogen-bond donors (Lipinski definition) is 0. The molecule has 2 aliphatic rings. The van der Waals surface area contributed by atoms with Crippen molar-refractivity contribution >= 4 is 6.21 Å². The van der Waals surface area contributed by atoms with Crippen LogP contribution in [-0.2, 0) is 12.0 Å². The number of fused-ring (bicyclic) bond motifs is 1. The molecular formula is C29H33N3. The Balaban J connectivity index is 1.22. The van der Waals surface area contributed by atoms with Gasteiger partial charge in [0, 0.05) is 44.4 Å². The Morgan fingerprint density at radius 2 is 1.38 bits per heavy atom. The number of nitrogens with zero attached hydrogens (tertiary/aromatic N) is 3. The van der Waals surface area contributed by atoms with Crippen LogP contribution in [0.3, 0.4) is 0 Å². The average Bonchev–Trinajstić information content (AvgIpc) is 2.86. The van der Waals surface area contributed by atoms with Crippen LogP contribution in [0.25, 0.3) is 0 Å². The fourth-order valence-electron chi connectivity index (χ4n) is 5.41. The van der Waals surface area contributed by atoms with Crippen molar-refractivity contribution in [2.75, 3.05) is 39.3 Å². The fourth-order valence-corrected chi connectivity index (χ4v) is 5.41. The summed E-state index contributed by atoms with van der Waals surface area (Å²) < 4.78 is 0. The molecule has 0 N–H and O–H groups in total. The molecule has 3 aromatic rings. The third-order valence-electron chi connectivity index (χ3n) is 7.19. The summed E-state index contributed by atoms with van der Waals surface area (Å²) in [5.74, 6) is 0. The van der Waals surface area contributed by atoms with E-state index in [4.69, 9.17) is 4.99 Å². The minimum Gasteiger partial charge on any atom is -0.301 e. The maximum Gasteiger partial charge on any atom is 0.0527 e. The molecule has 1 saturated heterocycles. The Hall–Kier alpha value is -2.75. The molecule has 3 heteroatoms. The second kappa shape index (κ2) is 9.81. The molecule has 5 rings (SSSR count). The van der Waals surface area contributed by atoms with E-state index in [-0.39, 0.29) is 5.41 Å². The molecule has 1 unspecified atom stereocenters. The van der Waals surface area contributed by atoms with Gasteiger partial charge >= 0.3 is 0 Å². The van der Waals surface area contributed by atoms with Gasteiger partial charge in [-0.15, -0.1) is 0 Å². The first-order valence-corrected chi connectivity index (χ1v) is 12.0. The summed E-state index contributed by atoms with van der Waals surface area (Å²) in [6.45, 7) is 7.73. The topological polar surface area (TPSA) is 18.8 Å². The minimum atomic E-state index is -0.0122. The van der Waals surface area contributed by atoms with E-state index >= 15 is 0 Å². The van der Waals surface area contributed by atoms with Crippen LogP contribution in [0.5, 0.6) is 0 Å².